The van der Waals surface area contributed by atoms with Crippen molar-refractivity contribution in [1.82, 2.24) is 9.88 Å². The number of sulfone groups is 1. The number of carbonyl (C=O) groups excluding carboxylic acids is 1. The van der Waals surface area contributed by atoms with Crippen LogP contribution in [0.15, 0.2) is 24.3 Å². The molecular weight excluding hydrogens is 319 g/mol. The number of aryl methyl sites for hydroxylation is 1. The predicted molar refractivity (Wildman–Crippen MR) is 85.6 cm³/mol. The van der Waals surface area contributed by atoms with E-state index >= 15 is 0 Å². The first-order valence-electron chi connectivity index (χ1n) is 7.31. The summed E-state index contributed by atoms with van der Waals surface area (Å²) in [5, 5.41) is 0.674. The number of nitrogens with zero attached hydrogens (tertiary/aromatic N) is 2. The van der Waals surface area contributed by atoms with Crippen molar-refractivity contribution in [3.8, 4) is 0 Å². The normalized spacial score (nSPS) is 19.9. The van der Waals surface area contributed by atoms with Gasteiger partial charge >= 0.3 is 0 Å². The highest BCUT2D eigenvalue weighted by Gasteiger charge is 2.33. The lowest BCUT2D eigenvalue weighted by Gasteiger charge is -2.24. The molecule has 5 nitrogen and oxygen atoms in total. The third-order valence-corrected chi connectivity index (χ3v) is 6.03. The van der Waals surface area contributed by atoms with Crippen molar-refractivity contribution >= 4 is 26.6 Å². The Morgan fingerprint density at radius 3 is 2.74 bits per heavy atom. The average Bonchev–Trinajstić information content (AvgIpc) is 2.85. The van der Waals surface area contributed by atoms with Crippen LogP contribution in [0.4, 0.5) is 4.39 Å². The van der Waals surface area contributed by atoms with Crippen LogP contribution >= 0.6 is 0 Å². The third-order valence-electron chi connectivity index (χ3n) is 4.28. The molecule has 1 saturated heterocycles. The van der Waals surface area contributed by atoms with Gasteiger partial charge in [-0.3, -0.25) is 9.78 Å². The first-order valence-corrected chi connectivity index (χ1v) is 9.13. The minimum absolute atomic E-state index is 0.000505. The van der Waals surface area contributed by atoms with Crippen LogP contribution in [0, 0.1) is 12.7 Å². The van der Waals surface area contributed by atoms with Gasteiger partial charge in [0.1, 0.15) is 5.82 Å². The molecule has 7 heteroatoms. The zero-order valence-corrected chi connectivity index (χ0v) is 13.7. The molecule has 0 N–H and O–H groups in total. The van der Waals surface area contributed by atoms with Gasteiger partial charge in [-0.25, -0.2) is 12.8 Å². The molecular formula is C16H17FN2O3S. The highest BCUT2D eigenvalue weighted by atomic mass is 32.2. The van der Waals surface area contributed by atoms with Gasteiger partial charge in [0.15, 0.2) is 9.84 Å². The molecule has 0 radical (unpaired) electrons. The molecule has 3 rings (SSSR count). The number of carbonyl (C=O) groups is 1. The second-order valence-electron chi connectivity index (χ2n) is 5.93. The number of pyridine rings is 1. The van der Waals surface area contributed by atoms with Gasteiger partial charge in [0.2, 0.25) is 0 Å². The molecule has 1 aliphatic rings. The van der Waals surface area contributed by atoms with Crippen LogP contribution in [0.1, 0.15) is 22.5 Å². The lowest BCUT2D eigenvalue weighted by molar-refractivity contribution is 0.0746. The van der Waals surface area contributed by atoms with Crippen molar-refractivity contribution in [2.45, 2.75) is 19.4 Å². The van der Waals surface area contributed by atoms with E-state index in [1.807, 2.05) is 0 Å². The van der Waals surface area contributed by atoms with Gasteiger partial charge in [-0.05, 0) is 31.5 Å². The standard InChI is InChI=1S/C16H17FN2O3S/c1-10-14(7-11-3-4-12(17)8-15(11)18-10)16(20)19(2)13-5-6-23(21,22)9-13/h3-4,7-8,13H,5-6,9H2,1-2H3. The van der Waals surface area contributed by atoms with Crippen molar-refractivity contribution in [1.29, 1.82) is 0 Å². The fourth-order valence-corrected chi connectivity index (χ4v) is 4.66. The summed E-state index contributed by atoms with van der Waals surface area (Å²) in [4.78, 5) is 18.5. The van der Waals surface area contributed by atoms with Crippen molar-refractivity contribution < 1.29 is 17.6 Å². The van der Waals surface area contributed by atoms with Crippen molar-refractivity contribution in [3.63, 3.8) is 0 Å². The molecule has 0 saturated carbocycles. The van der Waals surface area contributed by atoms with Gasteiger partial charge in [0.05, 0.1) is 28.3 Å². The van der Waals surface area contributed by atoms with Crippen LogP contribution in [-0.2, 0) is 9.84 Å². The topological polar surface area (TPSA) is 67.3 Å². The molecule has 0 bridgehead atoms. The number of halogens is 1. The highest BCUT2D eigenvalue weighted by molar-refractivity contribution is 7.91. The van der Waals surface area contributed by atoms with E-state index < -0.39 is 9.84 Å². The van der Waals surface area contributed by atoms with Crippen LogP contribution in [0.3, 0.4) is 0 Å². The summed E-state index contributed by atoms with van der Waals surface area (Å²) in [6.45, 7) is 1.69. The summed E-state index contributed by atoms with van der Waals surface area (Å²) in [6, 6.07) is 5.59. The Bertz CT molecular complexity index is 896. The van der Waals surface area contributed by atoms with Crippen molar-refractivity contribution in [3.05, 3.63) is 41.3 Å². The van der Waals surface area contributed by atoms with E-state index in [2.05, 4.69) is 4.98 Å². The van der Waals surface area contributed by atoms with Gasteiger partial charge < -0.3 is 4.90 Å². The van der Waals surface area contributed by atoms with E-state index in [0.29, 0.717) is 28.6 Å². The monoisotopic (exact) mass is 336 g/mol. The van der Waals surface area contributed by atoms with E-state index in [0.717, 1.165) is 0 Å². The van der Waals surface area contributed by atoms with Crippen molar-refractivity contribution in [2.75, 3.05) is 18.6 Å². The Morgan fingerprint density at radius 1 is 1.35 bits per heavy atom. The van der Waals surface area contributed by atoms with E-state index in [1.54, 1.807) is 26.1 Å². The van der Waals surface area contributed by atoms with E-state index in [1.165, 1.54) is 17.0 Å². The number of fused-ring (bicyclic) bond motifs is 1. The lowest BCUT2D eigenvalue weighted by Crippen LogP contribution is -2.38. The zero-order chi connectivity index (χ0) is 16.8. The molecule has 122 valence electrons. The van der Waals surface area contributed by atoms with Crippen LogP contribution in [0.5, 0.6) is 0 Å². The second kappa shape index (κ2) is 5.56. The summed E-state index contributed by atoms with van der Waals surface area (Å²) in [6.07, 6.45) is 0.454. The van der Waals surface area contributed by atoms with Crippen LogP contribution in [0.2, 0.25) is 0 Å². The molecule has 2 aromatic rings. The third kappa shape index (κ3) is 3.06. The first kappa shape index (κ1) is 15.9. The maximum absolute atomic E-state index is 13.3. The molecule has 1 aromatic carbocycles. The predicted octanol–water partition coefficient (Wildman–Crippen LogP) is 1.94. The fraction of sp³-hybridized carbons (Fsp3) is 0.375. The van der Waals surface area contributed by atoms with Crippen molar-refractivity contribution in [2.24, 2.45) is 0 Å². The Morgan fingerprint density at radius 2 is 2.09 bits per heavy atom. The van der Waals surface area contributed by atoms with Crippen LogP contribution in [-0.4, -0.2) is 48.8 Å². The van der Waals surface area contributed by atoms with Gasteiger partial charge in [-0.1, -0.05) is 0 Å². The van der Waals surface area contributed by atoms with Gasteiger partial charge in [0.25, 0.3) is 5.91 Å². The maximum Gasteiger partial charge on any atom is 0.255 e. The van der Waals surface area contributed by atoms with Gasteiger partial charge in [-0.2, -0.15) is 0 Å². The second-order valence-corrected chi connectivity index (χ2v) is 8.16. The van der Waals surface area contributed by atoms with Gasteiger partial charge in [0, 0.05) is 24.5 Å². The van der Waals surface area contributed by atoms with Gasteiger partial charge in [-0.15, -0.1) is 0 Å². The quantitative estimate of drug-likeness (QED) is 0.840. The molecule has 1 aromatic heterocycles. The largest absolute Gasteiger partial charge is 0.338 e. The summed E-state index contributed by atoms with van der Waals surface area (Å²) in [5.74, 6) is -0.524. The number of aromatic nitrogens is 1. The minimum atomic E-state index is -3.06. The molecule has 0 aliphatic carbocycles. The Kier molecular flexibility index (Phi) is 3.83. The molecule has 1 atom stereocenters. The number of benzene rings is 1. The molecule has 1 amide bonds. The zero-order valence-electron chi connectivity index (χ0n) is 12.9. The van der Waals surface area contributed by atoms with E-state index in [4.69, 9.17) is 0 Å². The average molecular weight is 336 g/mol. The molecule has 0 spiro atoms. The number of hydrogen-bond acceptors (Lipinski definition) is 4. The minimum Gasteiger partial charge on any atom is -0.338 e. The Hall–Kier alpha value is -2.02. The van der Waals surface area contributed by atoms with E-state index in [-0.39, 0.29) is 29.3 Å². The lowest BCUT2D eigenvalue weighted by atomic mass is 10.1. The molecule has 23 heavy (non-hydrogen) atoms. The Balaban J connectivity index is 1.94. The number of amides is 1. The fourth-order valence-electron chi connectivity index (χ4n) is 2.89. The molecule has 2 heterocycles. The smallest absolute Gasteiger partial charge is 0.255 e. The number of hydrogen-bond donors (Lipinski definition) is 0. The maximum atomic E-state index is 13.3. The number of rotatable bonds is 2. The SMILES string of the molecule is Cc1nc2cc(F)ccc2cc1C(=O)N(C)C1CCS(=O)(=O)C1. The van der Waals surface area contributed by atoms with Crippen LogP contribution in [0.25, 0.3) is 10.9 Å². The highest BCUT2D eigenvalue weighted by Crippen LogP contribution is 2.22. The summed E-state index contributed by atoms with van der Waals surface area (Å²) >= 11 is 0. The van der Waals surface area contributed by atoms with E-state index in [9.17, 15) is 17.6 Å². The summed E-state index contributed by atoms with van der Waals surface area (Å²) < 4.78 is 36.4. The summed E-state index contributed by atoms with van der Waals surface area (Å²) in [7, 11) is -1.44. The molecule has 1 unspecified atom stereocenters. The van der Waals surface area contributed by atoms with Crippen LogP contribution < -0.4 is 0 Å². The first-order chi connectivity index (χ1) is 10.8. The molecule has 1 fully saturated rings. The Labute approximate surface area is 134 Å². The summed E-state index contributed by atoms with van der Waals surface area (Å²) in [5.41, 5.74) is 1.40. The molecule has 1 aliphatic heterocycles.